The van der Waals surface area contributed by atoms with Crippen molar-refractivity contribution in [2.45, 2.75) is 6.54 Å². The van der Waals surface area contributed by atoms with Gasteiger partial charge in [0.2, 0.25) is 0 Å². The lowest BCUT2D eigenvalue weighted by Crippen LogP contribution is -2.31. The van der Waals surface area contributed by atoms with Crippen LogP contribution in [0.1, 0.15) is 11.1 Å². The molecule has 0 aliphatic rings. The van der Waals surface area contributed by atoms with E-state index in [0.717, 1.165) is 25.2 Å². The van der Waals surface area contributed by atoms with Crippen LogP contribution in [0.3, 0.4) is 0 Å². The molecule has 0 saturated carbocycles. The number of halogens is 2. The van der Waals surface area contributed by atoms with E-state index >= 15 is 0 Å². The van der Waals surface area contributed by atoms with Crippen LogP contribution < -0.4 is 5.32 Å². The quantitative estimate of drug-likeness (QED) is 0.735. The molecule has 110 valence electrons. The van der Waals surface area contributed by atoms with Gasteiger partial charge in [-0.2, -0.15) is 5.26 Å². The second-order valence-corrected chi connectivity index (χ2v) is 4.50. The maximum atomic E-state index is 13.6. The van der Waals surface area contributed by atoms with Crippen LogP contribution in [0, 0.1) is 23.0 Å². The Labute approximate surface area is 117 Å². The molecule has 1 aromatic rings. The molecule has 0 radical (unpaired) electrons. The molecule has 20 heavy (non-hydrogen) atoms. The molecule has 1 N–H and O–H groups in total. The Bertz CT molecular complexity index is 451. The fourth-order valence-electron chi connectivity index (χ4n) is 1.68. The third-order valence-corrected chi connectivity index (χ3v) is 2.92. The van der Waals surface area contributed by atoms with Crippen LogP contribution in [-0.2, 0) is 11.3 Å². The Morgan fingerprint density at radius 1 is 1.30 bits per heavy atom. The van der Waals surface area contributed by atoms with Gasteiger partial charge in [-0.3, -0.25) is 0 Å². The molecule has 1 aromatic carbocycles. The molecular weight excluding hydrogens is 264 g/mol. The Hall–Kier alpha value is -1.55. The van der Waals surface area contributed by atoms with Gasteiger partial charge in [-0.05, 0) is 19.2 Å². The average Bonchev–Trinajstić information content (AvgIpc) is 2.43. The molecule has 0 heterocycles. The van der Waals surface area contributed by atoms with E-state index in [9.17, 15) is 8.78 Å². The largest absolute Gasteiger partial charge is 0.383 e. The maximum Gasteiger partial charge on any atom is 0.131 e. The van der Waals surface area contributed by atoms with Gasteiger partial charge < -0.3 is 15.0 Å². The smallest absolute Gasteiger partial charge is 0.131 e. The highest BCUT2D eigenvalue weighted by Gasteiger charge is 2.10. The van der Waals surface area contributed by atoms with Gasteiger partial charge in [-0.25, -0.2) is 8.78 Å². The SMILES string of the molecule is COCCN(C)CCNCc1c(F)cc(C#N)cc1F. The summed E-state index contributed by atoms with van der Waals surface area (Å²) in [6.07, 6.45) is 0. The number of benzene rings is 1. The topological polar surface area (TPSA) is 48.3 Å². The van der Waals surface area contributed by atoms with Crippen molar-refractivity contribution < 1.29 is 13.5 Å². The zero-order valence-electron chi connectivity index (χ0n) is 11.7. The molecule has 0 bridgehead atoms. The molecule has 0 aromatic heterocycles. The number of likely N-dealkylation sites (N-methyl/N-ethyl adjacent to an activating group) is 1. The zero-order chi connectivity index (χ0) is 15.0. The fraction of sp³-hybridized carbons (Fsp3) is 0.500. The van der Waals surface area contributed by atoms with Gasteiger partial charge in [0, 0.05) is 38.9 Å². The van der Waals surface area contributed by atoms with Gasteiger partial charge in [0.25, 0.3) is 0 Å². The summed E-state index contributed by atoms with van der Waals surface area (Å²) in [5, 5.41) is 11.6. The number of nitriles is 1. The van der Waals surface area contributed by atoms with Crippen LogP contribution in [0.5, 0.6) is 0 Å². The van der Waals surface area contributed by atoms with Crippen molar-refractivity contribution in [3.63, 3.8) is 0 Å². The number of rotatable bonds is 8. The van der Waals surface area contributed by atoms with E-state index in [1.807, 2.05) is 7.05 Å². The lowest BCUT2D eigenvalue weighted by atomic mass is 10.1. The van der Waals surface area contributed by atoms with Crippen molar-refractivity contribution in [3.05, 3.63) is 34.9 Å². The summed E-state index contributed by atoms with van der Waals surface area (Å²) in [5.74, 6) is -1.39. The maximum absolute atomic E-state index is 13.6. The average molecular weight is 283 g/mol. The summed E-state index contributed by atoms with van der Waals surface area (Å²) in [6, 6.07) is 3.81. The second kappa shape index (κ2) is 8.59. The van der Waals surface area contributed by atoms with E-state index in [1.54, 1.807) is 13.2 Å². The third-order valence-electron chi connectivity index (χ3n) is 2.92. The minimum atomic E-state index is -0.693. The minimum absolute atomic E-state index is 0.0111. The van der Waals surface area contributed by atoms with E-state index in [2.05, 4.69) is 10.2 Å². The molecule has 0 atom stereocenters. The summed E-state index contributed by atoms with van der Waals surface area (Å²) in [5.41, 5.74) is -0.0495. The van der Waals surface area contributed by atoms with Crippen LogP contribution in [0.15, 0.2) is 12.1 Å². The van der Waals surface area contributed by atoms with Gasteiger partial charge in [0.1, 0.15) is 11.6 Å². The number of hydrogen-bond acceptors (Lipinski definition) is 4. The van der Waals surface area contributed by atoms with E-state index in [-0.39, 0.29) is 17.7 Å². The van der Waals surface area contributed by atoms with Crippen LogP contribution in [0.2, 0.25) is 0 Å². The number of ether oxygens (including phenoxy) is 1. The normalized spacial score (nSPS) is 10.8. The molecule has 0 aliphatic heterocycles. The summed E-state index contributed by atoms with van der Waals surface area (Å²) in [4.78, 5) is 2.06. The minimum Gasteiger partial charge on any atom is -0.383 e. The monoisotopic (exact) mass is 283 g/mol. The highest BCUT2D eigenvalue weighted by molar-refractivity contribution is 5.34. The molecule has 0 saturated heterocycles. The first-order valence-corrected chi connectivity index (χ1v) is 6.34. The fourth-order valence-corrected chi connectivity index (χ4v) is 1.68. The molecule has 0 amide bonds. The first-order chi connectivity index (χ1) is 9.58. The van der Waals surface area contributed by atoms with Crippen LogP contribution >= 0.6 is 0 Å². The van der Waals surface area contributed by atoms with Crippen molar-refractivity contribution in [1.29, 1.82) is 5.26 Å². The van der Waals surface area contributed by atoms with Crippen molar-refractivity contribution in [1.82, 2.24) is 10.2 Å². The Balaban J connectivity index is 2.41. The predicted octanol–water partition coefficient (Wildman–Crippen LogP) is 1.50. The lowest BCUT2D eigenvalue weighted by Gasteiger charge is -2.16. The molecule has 0 aliphatic carbocycles. The molecule has 0 fully saturated rings. The number of methoxy groups -OCH3 is 1. The van der Waals surface area contributed by atoms with Crippen LogP contribution in [-0.4, -0.2) is 45.3 Å². The zero-order valence-corrected chi connectivity index (χ0v) is 11.7. The molecule has 0 unspecified atom stereocenters. The Kier molecular flexibility index (Phi) is 7.09. The second-order valence-electron chi connectivity index (χ2n) is 4.50. The van der Waals surface area contributed by atoms with Crippen molar-refractivity contribution in [2.75, 3.05) is 40.4 Å². The van der Waals surface area contributed by atoms with E-state index in [4.69, 9.17) is 10.00 Å². The van der Waals surface area contributed by atoms with E-state index < -0.39 is 11.6 Å². The standard InChI is InChI=1S/C14H19F2N3O/c1-19(5-6-20-2)4-3-18-10-12-13(15)7-11(9-17)8-14(12)16/h7-8,18H,3-6,10H2,1-2H3. The summed E-state index contributed by atoms with van der Waals surface area (Å²) in [7, 11) is 3.59. The molecule has 1 rings (SSSR count). The van der Waals surface area contributed by atoms with Gasteiger partial charge in [-0.1, -0.05) is 0 Å². The van der Waals surface area contributed by atoms with E-state index in [1.165, 1.54) is 0 Å². The van der Waals surface area contributed by atoms with E-state index in [0.29, 0.717) is 13.2 Å². The molecule has 0 spiro atoms. The Morgan fingerprint density at radius 2 is 1.95 bits per heavy atom. The molecular formula is C14H19F2N3O. The lowest BCUT2D eigenvalue weighted by molar-refractivity contribution is 0.161. The van der Waals surface area contributed by atoms with Crippen molar-refractivity contribution in [2.24, 2.45) is 0 Å². The van der Waals surface area contributed by atoms with Gasteiger partial charge in [-0.15, -0.1) is 0 Å². The summed E-state index contributed by atoms with van der Waals surface area (Å²) >= 11 is 0. The van der Waals surface area contributed by atoms with Crippen molar-refractivity contribution >= 4 is 0 Å². The van der Waals surface area contributed by atoms with Crippen molar-refractivity contribution in [3.8, 4) is 6.07 Å². The summed E-state index contributed by atoms with van der Waals surface area (Å²) in [6.45, 7) is 2.91. The van der Waals surface area contributed by atoms with Gasteiger partial charge in [0.05, 0.1) is 18.2 Å². The number of hydrogen-bond donors (Lipinski definition) is 1. The number of nitrogens with one attached hydrogen (secondary N) is 1. The first kappa shape index (κ1) is 16.5. The molecule has 6 heteroatoms. The molecule has 4 nitrogen and oxygen atoms in total. The first-order valence-electron chi connectivity index (χ1n) is 6.34. The highest BCUT2D eigenvalue weighted by Crippen LogP contribution is 2.14. The summed E-state index contributed by atoms with van der Waals surface area (Å²) < 4.78 is 32.1. The predicted molar refractivity (Wildman–Crippen MR) is 72.2 cm³/mol. The highest BCUT2D eigenvalue weighted by atomic mass is 19.1. The Morgan fingerprint density at radius 3 is 2.50 bits per heavy atom. The van der Waals surface area contributed by atoms with Crippen LogP contribution in [0.25, 0.3) is 0 Å². The third kappa shape index (κ3) is 5.21. The van der Waals surface area contributed by atoms with Gasteiger partial charge >= 0.3 is 0 Å². The number of nitrogens with zero attached hydrogens (tertiary/aromatic N) is 2. The van der Waals surface area contributed by atoms with Crippen LogP contribution in [0.4, 0.5) is 8.78 Å². The van der Waals surface area contributed by atoms with Gasteiger partial charge in [0.15, 0.2) is 0 Å².